The summed E-state index contributed by atoms with van der Waals surface area (Å²) in [5, 5.41) is 0. The SMILES string of the molecule is C=C(C)C(=O)OC(CCOc1ccccc1)=C(C)C(=O)OCC1CCCO1. The normalized spacial score (nSPS) is 17.0. The molecule has 27 heavy (non-hydrogen) atoms. The molecule has 1 aromatic carbocycles. The lowest BCUT2D eigenvalue weighted by Crippen LogP contribution is -2.20. The minimum Gasteiger partial charge on any atom is -0.493 e. The Balaban J connectivity index is 1.99. The average Bonchev–Trinajstić information content (AvgIpc) is 3.19. The van der Waals surface area contributed by atoms with E-state index >= 15 is 0 Å². The first kappa shape index (κ1) is 20.7. The van der Waals surface area contributed by atoms with Crippen molar-refractivity contribution in [3.63, 3.8) is 0 Å². The highest BCUT2D eigenvalue weighted by Crippen LogP contribution is 2.18. The number of carbonyl (C=O) groups excluding carboxylic acids is 2. The van der Waals surface area contributed by atoms with E-state index in [2.05, 4.69) is 6.58 Å². The summed E-state index contributed by atoms with van der Waals surface area (Å²) < 4.78 is 21.7. The third-order valence-corrected chi connectivity index (χ3v) is 4.05. The van der Waals surface area contributed by atoms with Crippen LogP contribution in [0.3, 0.4) is 0 Å². The zero-order valence-electron chi connectivity index (χ0n) is 15.9. The van der Waals surface area contributed by atoms with Crippen molar-refractivity contribution >= 4 is 11.9 Å². The molecule has 1 aliphatic rings. The molecule has 6 nitrogen and oxygen atoms in total. The Morgan fingerprint density at radius 1 is 1.19 bits per heavy atom. The second-order valence-corrected chi connectivity index (χ2v) is 6.36. The van der Waals surface area contributed by atoms with E-state index in [1.807, 2.05) is 30.3 Å². The van der Waals surface area contributed by atoms with Crippen molar-refractivity contribution in [1.82, 2.24) is 0 Å². The molecule has 0 bridgehead atoms. The molecule has 1 aromatic rings. The fourth-order valence-corrected chi connectivity index (χ4v) is 2.46. The van der Waals surface area contributed by atoms with Crippen molar-refractivity contribution in [1.29, 1.82) is 0 Å². The number of rotatable bonds is 9. The summed E-state index contributed by atoms with van der Waals surface area (Å²) in [4.78, 5) is 24.2. The van der Waals surface area contributed by atoms with Crippen molar-refractivity contribution in [2.45, 2.75) is 39.2 Å². The van der Waals surface area contributed by atoms with Crippen LogP contribution in [0.25, 0.3) is 0 Å². The zero-order valence-corrected chi connectivity index (χ0v) is 15.9. The number of para-hydroxylation sites is 1. The van der Waals surface area contributed by atoms with Crippen molar-refractivity contribution in [3.05, 3.63) is 53.8 Å². The van der Waals surface area contributed by atoms with Crippen LogP contribution in [0.1, 0.15) is 33.1 Å². The molecule has 6 heteroatoms. The summed E-state index contributed by atoms with van der Waals surface area (Å²) in [7, 11) is 0. The Bertz CT molecular complexity index is 686. The Morgan fingerprint density at radius 2 is 1.93 bits per heavy atom. The minimum atomic E-state index is -0.587. The number of carbonyl (C=O) groups is 2. The van der Waals surface area contributed by atoms with Gasteiger partial charge in [0.05, 0.1) is 18.3 Å². The van der Waals surface area contributed by atoms with E-state index in [1.165, 1.54) is 0 Å². The summed E-state index contributed by atoms with van der Waals surface area (Å²) >= 11 is 0. The van der Waals surface area contributed by atoms with Gasteiger partial charge in [-0.3, -0.25) is 0 Å². The Hall–Kier alpha value is -2.60. The largest absolute Gasteiger partial charge is 0.493 e. The number of hydrogen-bond donors (Lipinski definition) is 0. The smallest absolute Gasteiger partial charge is 0.338 e. The molecule has 0 spiro atoms. The molecule has 1 aliphatic heterocycles. The van der Waals surface area contributed by atoms with Crippen LogP contribution in [-0.2, 0) is 23.8 Å². The third-order valence-electron chi connectivity index (χ3n) is 4.05. The predicted octanol–water partition coefficient (Wildman–Crippen LogP) is 3.57. The van der Waals surface area contributed by atoms with E-state index in [4.69, 9.17) is 18.9 Å². The molecule has 0 aliphatic carbocycles. The molecule has 146 valence electrons. The molecular formula is C21H26O6. The fraction of sp³-hybridized carbons (Fsp3) is 0.429. The van der Waals surface area contributed by atoms with Gasteiger partial charge in [0, 0.05) is 18.6 Å². The van der Waals surface area contributed by atoms with Crippen LogP contribution in [0.15, 0.2) is 53.8 Å². The molecule has 1 saturated heterocycles. The quantitative estimate of drug-likeness (QED) is 0.374. The fourth-order valence-electron chi connectivity index (χ4n) is 2.46. The van der Waals surface area contributed by atoms with E-state index in [0.29, 0.717) is 12.4 Å². The van der Waals surface area contributed by atoms with E-state index in [1.54, 1.807) is 13.8 Å². The van der Waals surface area contributed by atoms with Crippen LogP contribution in [0.5, 0.6) is 5.75 Å². The van der Waals surface area contributed by atoms with Gasteiger partial charge < -0.3 is 18.9 Å². The summed E-state index contributed by atoms with van der Waals surface area (Å²) in [6, 6.07) is 9.26. The van der Waals surface area contributed by atoms with Crippen LogP contribution >= 0.6 is 0 Å². The van der Waals surface area contributed by atoms with E-state index < -0.39 is 11.9 Å². The van der Waals surface area contributed by atoms with Gasteiger partial charge in [-0.2, -0.15) is 0 Å². The van der Waals surface area contributed by atoms with Gasteiger partial charge in [0.15, 0.2) is 0 Å². The molecule has 1 unspecified atom stereocenters. The van der Waals surface area contributed by atoms with Gasteiger partial charge in [0.25, 0.3) is 0 Å². The summed E-state index contributed by atoms with van der Waals surface area (Å²) in [5.74, 6) is -0.205. The molecule has 0 saturated carbocycles. The highest BCUT2D eigenvalue weighted by molar-refractivity contribution is 5.91. The van der Waals surface area contributed by atoms with Crippen LogP contribution in [0.2, 0.25) is 0 Å². The highest BCUT2D eigenvalue weighted by atomic mass is 16.6. The predicted molar refractivity (Wildman–Crippen MR) is 100 cm³/mol. The summed E-state index contributed by atoms with van der Waals surface area (Å²) in [6.07, 6.45) is 2.02. The second kappa shape index (κ2) is 10.5. The lowest BCUT2D eigenvalue weighted by atomic mass is 10.2. The monoisotopic (exact) mass is 374 g/mol. The Morgan fingerprint density at radius 3 is 2.56 bits per heavy atom. The van der Waals surface area contributed by atoms with Crippen molar-refractivity contribution < 1.29 is 28.5 Å². The number of hydrogen-bond acceptors (Lipinski definition) is 6. The molecule has 0 N–H and O–H groups in total. The van der Waals surface area contributed by atoms with E-state index in [9.17, 15) is 9.59 Å². The van der Waals surface area contributed by atoms with Crippen LogP contribution in [-0.4, -0.2) is 37.9 Å². The molecule has 0 radical (unpaired) electrons. The van der Waals surface area contributed by atoms with Gasteiger partial charge in [0.1, 0.15) is 18.1 Å². The van der Waals surface area contributed by atoms with Gasteiger partial charge in [-0.05, 0) is 38.8 Å². The first-order valence-corrected chi connectivity index (χ1v) is 9.01. The maximum atomic E-state index is 12.3. The standard InChI is InChI=1S/C21H26O6/c1-15(2)20(22)27-19(11-13-25-17-8-5-4-6-9-17)16(3)21(23)26-14-18-10-7-12-24-18/h4-6,8-9,18H,1,7,10-14H2,2-3H3. The lowest BCUT2D eigenvalue weighted by Gasteiger charge is -2.15. The van der Waals surface area contributed by atoms with Gasteiger partial charge in [0.2, 0.25) is 0 Å². The van der Waals surface area contributed by atoms with Gasteiger partial charge in [-0.25, -0.2) is 9.59 Å². The molecule has 1 atom stereocenters. The molecule has 1 heterocycles. The average molecular weight is 374 g/mol. The van der Waals surface area contributed by atoms with Gasteiger partial charge >= 0.3 is 11.9 Å². The third kappa shape index (κ3) is 6.90. The molecule has 1 fully saturated rings. The van der Waals surface area contributed by atoms with Gasteiger partial charge in [-0.1, -0.05) is 24.8 Å². The van der Waals surface area contributed by atoms with E-state index in [-0.39, 0.29) is 42.6 Å². The van der Waals surface area contributed by atoms with Crippen LogP contribution in [0.4, 0.5) is 0 Å². The molecular weight excluding hydrogens is 348 g/mol. The lowest BCUT2D eigenvalue weighted by molar-refractivity contribution is -0.142. The Labute approximate surface area is 159 Å². The van der Waals surface area contributed by atoms with Crippen molar-refractivity contribution in [2.24, 2.45) is 0 Å². The number of esters is 2. The summed E-state index contributed by atoms with van der Waals surface area (Å²) in [6.45, 7) is 7.82. The highest BCUT2D eigenvalue weighted by Gasteiger charge is 2.21. The van der Waals surface area contributed by atoms with Gasteiger partial charge in [-0.15, -0.1) is 0 Å². The van der Waals surface area contributed by atoms with E-state index in [0.717, 1.165) is 12.8 Å². The maximum absolute atomic E-state index is 12.3. The first-order chi connectivity index (χ1) is 13.0. The summed E-state index contributed by atoms with van der Waals surface area (Å²) in [5.41, 5.74) is 0.483. The number of ether oxygens (including phenoxy) is 4. The van der Waals surface area contributed by atoms with Crippen LogP contribution < -0.4 is 4.74 Å². The molecule has 2 rings (SSSR count). The Kier molecular flexibility index (Phi) is 8.07. The molecule has 0 amide bonds. The first-order valence-electron chi connectivity index (χ1n) is 9.01. The maximum Gasteiger partial charge on any atom is 0.338 e. The topological polar surface area (TPSA) is 71.1 Å². The molecule has 0 aromatic heterocycles. The van der Waals surface area contributed by atoms with Crippen molar-refractivity contribution in [2.75, 3.05) is 19.8 Å². The zero-order chi connectivity index (χ0) is 19.6. The van der Waals surface area contributed by atoms with Crippen molar-refractivity contribution in [3.8, 4) is 5.75 Å². The minimum absolute atomic E-state index is 0.0652. The van der Waals surface area contributed by atoms with Crippen LogP contribution in [0, 0.1) is 0 Å². The number of benzene rings is 1. The second-order valence-electron chi connectivity index (χ2n) is 6.36.